The fourth-order valence-corrected chi connectivity index (χ4v) is 4.51. The number of anilines is 2. The van der Waals surface area contributed by atoms with Crippen molar-refractivity contribution in [1.29, 1.82) is 0 Å². The number of benzene rings is 3. The molecule has 0 aliphatic carbocycles. The van der Waals surface area contributed by atoms with Gasteiger partial charge in [-0.25, -0.2) is 9.97 Å². The van der Waals surface area contributed by atoms with Crippen LogP contribution in [0.3, 0.4) is 0 Å². The molecule has 0 saturated heterocycles. The Kier molecular flexibility index (Phi) is 10.2. The normalized spacial score (nSPS) is 10.9. The molecule has 42 heavy (non-hydrogen) atoms. The maximum atomic E-state index is 11.9. The van der Waals surface area contributed by atoms with Crippen LogP contribution in [0.1, 0.15) is 26.3 Å². The Balaban J connectivity index is 0.00000242. The number of methoxy groups -OCH3 is 1. The highest BCUT2D eigenvalue weighted by Gasteiger charge is 2.18. The van der Waals surface area contributed by atoms with Gasteiger partial charge in [-0.1, -0.05) is 42.5 Å². The van der Waals surface area contributed by atoms with Gasteiger partial charge in [0, 0.05) is 24.2 Å². The molecule has 12 nitrogen and oxygen atoms in total. The Labute approximate surface area is 261 Å². The number of rotatable bonds is 10. The molecule has 0 unspecified atom stereocenters. The summed E-state index contributed by atoms with van der Waals surface area (Å²) in [5, 5.41) is 0. The van der Waals surface area contributed by atoms with Crippen LogP contribution in [0, 0.1) is 0 Å². The van der Waals surface area contributed by atoms with Gasteiger partial charge >= 0.3 is 0 Å². The van der Waals surface area contributed by atoms with E-state index in [-0.39, 0.29) is 63.6 Å². The van der Waals surface area contributed by atoms with E-state index in [1.54, 1.807) is 33.4 Å². The molecule has 8 N–H and O–H groups in total. The first-order valence-electron chi connectivity index (χ1n) is 12.3. The molecule has 0 radical (unpaired) electrons. The number of nitrogens with two attached hydrogens (primary N) is 4. The van der Waals surface area contributed by atoms with E-state index in [1.807, 2.05) is 42.5 Å². The molecule has 14 heteroatoms. The van der Waals surface area contributed by atoms with E-state index in [9.17, 15) is 9.59 Å². The molecule has 0 bridgehead atoms. The maximum absolute atomic E-state index is 11.9. The van der Waals surface area contributed by atoms with Crippen molar-refractivity contribution in [3.05, 3.63) is 83.4 Å². The van der Waals surface area contributed by atoms with E-state index < -0.39 is 11.8 Å². The number of halogens is 2. The van der Waals surface area contributed by atoms with Gasteiger partial charge in [0.1, 0.15) is 29.1 Å². The van der Waals surface area contributed by atoms with Crippen LogP contribution in [-0.2, 0) is 19.7 Å². The lowest BCUT2D eigenvalue weighted by Gasteiger charge is -2.12. The van der Waals surface area contributed by atoms with E-state index >= 15 is 0 Å². The minimum atomic E-state index is -0.594. The number of ether oxygens (including phenoxy) is 2. The van der Waals surface area contributed by atoms with Crippen molar-refractivity contribution < 1.29 is 19.1 Å². The molecule has 2 heterocycles. The minimum Gasteiger partial charge on any atom is -0.494 e. The molecule has 0 atom stereocenters. The average Bonchev–Trinajstić information content (AvgIpc) is 3.44. The number of hydrogen-bond donors (Lipinski definition) is 4. The third kappa shape index (κ3) is 6.34. The summed E-state index contributed by atoms with van der Waals surface area (Å²) >= 11 is 0. The van der Waals surface area contributed by atoms with Gasteiger partial charge in [-0.05, 0) is 29.8 Å². The first-order valence-corrected chi connectivity index (χ1v) is 12.3. The van der Waals surface area contributed by atoms with Crippen LogP contribution in [0.4, 0.5) is 11.9 Å². The monoisotopic (exact) mass is 700 g/mol. The molecule has 220 valence electrons. The molecule has 0 spiro atoms. The Hall–Kier alpha value is -4.56. The Morgan fingerprint density at radius 2 is 1.26 bits per heavy atom. The molecule has 0 aliphatic rings. The summed E-state index contributed by atoms with van der Waals surface area (Å²) in [6.07, 6.45) is 3.79. The van der Waals surface area contributed by atoms with Crippen molar-refractivity contribution in [2.75, 3.05) is 18.6 Å². The first-order chi connectivity index (χ1) is 19.3. The molecule has 5 aromatic rings. The summed E-state index contributed by atoms with van der Waals surface area (Å²) in [6.45, 7) is 1.01. The Bertz CT molecular complexity index is 1780. The lowest BCUT2D eigenvalue weighted by Crippen LogP contribution is -2.11. The number of aromatic nitrogens is 4. The zero-order chi connectivity index (χ0) is 28.4. The van der Waals surface area contributed by atoms with Crippen molar-refractivity contribution >= 4 is 79.7 Å². The topological polar surface area (TPSA) is 192 Å². The fourth-order valence-electron chi connectivity index (χ4n) is 4.51. The summed E-state index contributed by atoms with van der Waals surface area (Å²) in [4.78, 5) is 32.4. The van der Waals surface area contributed by atoms with Crippen LogP contribution in [0.5, 0.6) is 11.5 Å². The predicted molar refractivity (Wildman–Crippen MR) is 172 cm³/mol. The van der Waals surface area contributed by atoms with Crippen LogP contribution in [-0.4, -0.2) is 38.0 Å². The van der Waals surface area contributed by atoms with Crippen molar-refractivity contribution in [2.45, 2.75) is 19.7 Å². The molecule has 0 fully saturated rings. The van der Waals surface area contributed by atoms with Crippen molar-refractivity contribution in [2.24, 2.45) is 11.5 Å². The second kappa shape index (κ2) is 13.4. The number of carbonyl (C=O) groups excluding carboxylic acids is 2. The summed E-state index contributed by atoms with van der Waals surface area (Å²) in [6, 6.07) is 16.0. The SMILES string of the molecule is Br.Br.COc1cc(C(N)=O)cc2nc(N)n(C/C=C/Cn3c(N)nc4cc(C(N)=O)cc(OCc5ccccc5)c43)c12. The lowest BCUT2D eigenvalue weighted by atomic mass is 10.1. The summed E-state index contributed by atoms with van der Waals surface area (Å²) < 4.78 is 15.1. The number of fused-ring (bicyclic) bond motifs is 2. The zero-order valence-electron chi connectivity index (χ0n) is 22.5. The fraction of sp³-hybridized carbons (Fsp3) is 0.143. The van der Waals surface area contributed by atoms with E-state index in [2.05, 4.69) is 9.97 Å². The molecular weight excluding hydrogens is 672 g/mol. The van der Waals surface area contributed by atoms with E-state index in [4.69, 9.17) is 32.4 Å². The van der Waals surface area contributed by atoms with Crippen LogP contribution in [0.2, 0.25) is 0 Å². The van der Waals surface area contributed by atoms with Gasteiger partial charge in [0.15, 0.2) is 0 Å². The standard InChI is InChI=1S/C28H28N8O4.2BrH/c1-39-21-13-17(25(29)37)11-19-23(21)35(27(31)33-19)9-5-6-10-36-24-20(34-28(36)32)12-18(26(30)38)14-22(24)40-15-16-7-3-2-4-8-16;;/h2-8,11-14H,9-10,15H2,1H3,(H2,29,37)(H2,30,38)(H2,31,33)(H2,32,34);2*1H/b6-5+;;. The maximum Gasteiger partial charge on any atom is 0.248 e. The van der Waals surface area contributed by atoms with E-state index in [0.29, 0.717) is 46.7 Å². The molecule has 2 amide bonds. The predicted octanol–water partition coefficient (Wildman–Crippen LogP) is 3.75. The molecule has 2 aromatic heterocycles. The number of nitrogens with zero attached hydrogens (tertiary/aromatic N) is 4. The van der Waals surface area contributed by atoms with Crippen molar-refractivity contribution in [3.8, 4) is 11.5 Å². The largest absolute Gasteiger partial charge is 0.494 e. The van der Waals surface area contributed by atoms with Crippen molar-refractivity contribution in [1.82, 2.24) is 19.1 Å². The van der Waals surface area contributed by atoms with Gasteiger partial charge in [-0.15, -0.1) is 34.0 Å². The van der Waals surface area contributed by atoms with Crippen molar-refractivity contribution in [3.63, 3.8) is 0 Å². The van der Waals surface area contributed by atoms with Gasteiger partial charge in [-0.2, -0.15) is 0 Å². The van der Waals surface area contributed by atoms with Gasteiger partial charge in [0.2, 0.25) is 23.7 Å². The Morgan fingerprint density at radius 3 is 1.74 bits per heavy atom. The molecule has 3 aromatic carbocycles. The molecule has 5 rings (SSSR count). The third-order valence-corrected chi connectivity index (χ3v) is 6.44. The first kappa shape index (κ1) is 32.0. The number of allylic oxidation sites excluding steroid dienone is 2. The third-order valence-electron chi connectivity index (χ3n) is 6.44. The number of imidazole rings is 2. The number of hydrogen-bond acceptors (Lipinski definition) is 8. The van der Waals surface area contributed by atoms with Gasteiger partial charge in [-0.3, -0.25) is 9.59 Å². The van der Waals surface area contributed by atoms with Crippen LogP contribution < -0.4 is 32.4 Å². The summed E-state index contributed by atoms with van der Waals surface area (Å²) in [7, 11) is 1.50. The quantitative estimate of drug-likeness (QED) is 0.158. The van der Waals surface area contributed by atoms with Crippen LogP contribution >= 0.6 is 34.0 Å². The molecule has 0 aliphatic heterocycles. The van der Waals surface area contributed by atoms with Crippen LogP contribution in [0.15, 0.2) is 66.7 Å². The highest BCUT2D eigenvalue weighted by molar-refractivity contribution is 8.93. The Morgan fingerprint density at radius 1 is 0.786 bits per heavy atom. The highest BCUT2D eigenvalue weighted by atomic mass is 79.9. The smallest absolute Gasteiger partial charge is 0.248 e. The second-order valence-corrected chi connectivity index (χ2v) is 9.02. The van der Waals surface area contributed by atoms with Gasteiger partial charge in [0.05, 0.1) is 18.1 Å². The molecular formula is C28H30Br2N8O4. The van der Waals surface area contributed by atoms with Gasteiger partial charge in [0.25, 0.3) is 0 Å². The molecule has 0 saturated carbocycles. The van der Waals surface area contributed by atoms with Crippen LogP contribution in [0.25, 0.3) is 22.1 Å². The minimum absolute atomic E-state index is 0. The second-order valence-electron chi connectivity index (χ2n) is 9.02. The number of carbonyl (C=O) groups is 2. The van der Waals surface area contributed by atoms with E-state index in [0.717, 1.165) is 5.56 Å². The summed E-state index contributed by atoms with van der Waals surface area (Å²) in [5.74, 6) is 0.185. The lowest BCUT2D eigenvalue weighted by molar-refractivity contribution is 0.0991. The number of primary amides is 2. The number of amides is 2. The van der Waals surface area contributed by atoms with Gasteiger partial charge < -0.3 is 41.5 Å². The highest BCUT2D eigenvalue weighted by Crippen LogP contribution is 2.31. The average molecular weight is 702 g/mol. The number of nitrogen functional groups attached to an aromatic ring is 2. The zero-order valence-corrected chi connectivity index (χ0v) is 25.9. The van der Waals surface area contributed by atoms with E-state index in [1.165, 1.54) is 7.11 Å². The summed E-state index contributed by atoms with van der Waals surface area (Å²) in [5.41, 5.74) is 27.2.